The fourth-order valence-corrected chi connectivity index (χ4v) is 2.01. The molecule has 0 spiro atoms. The molecule has 1 rings (SSSR count). The van der Waals surface area contributed by atoms with Crippen LogP contribution in [0.15, 0.2) is 24.3 Å². The maximum absolute atomic E-state index is 6.12. The fraction of sp³-hybridized carbons (Fsp3) is 0.667. The third-order valence-corrected chi connectivity index (χ3v) is 3.42. The van der Waals surface area contributed by atoms with Gasteiger partial charge in [0.2, 0.25) is 0 Å². The number of benzene rings is 1. The van der Waals surface area contributed by atoms with Crippen LogP contribution in [0.2, 0.25) is 0 Å². The molecule has 120 valence electrons. The standard InChI is InChI=1S/C18H31NO2/c1-6-12-19-14-17(21-13-11-18(2,3)4)15-7-9-16(20-5)10-8-15/h7-10,17,19H,6,11-14H2,1-5H3. The van der Waals surface area contributed by atoms with Crippen molar-refractivity contribution < 1.29 is 9.47 Å². The zero-order chi connectivity index (χ0) is 15.7. The predicted molar refractivity (Wildman–Crippen MR) is 88.9 cm³/mol. The Bertz CT molecular complexity index is 381. The summed E-state index contributed by atoms with van der Waals surface area (Å²) in [6, 6.07) is 8.17. The maximum atomic E-state index is 6.12. The van der Waals surface area contributed by atoms with Gasteiger partial charge < -0.3 is 14.8 Å². The molecule has 1 aromatic carbocycles. The highest BCUT2D eigenvalue weighted by atomic mass is 16.5. The molecule has 0 fully saturated rings. The van der Waals surface area contributed by atoms with E-state index in [-0.39, 0.29) is 6.10 Å². The van der Waals surface area contributed by atoms with Crippen molar-refractivity contribution in [3.63, 3.8) is 0 Å². The molecule has 1 N–H and O–H groups in total. The third-order valence-electron chi connectivity index (χ3n) is 3.42. The second-order valence-corrected chi connectivity index (χ2v) is 6.65. The molecule has 3 heteroatoms. The Balaban J connectivity index is 2.61. The van der Waals surface area contributed by atoms with Gasteiger partial charge in [-0.1, -0.05) is 39.8 Å². The van der Waals surface area contributed by atoms with E-state index in [2.05, 4.69) is 45.1 Å². The van der Waals surface area contributed by atoms with Gasteiger partial charge in [0.15, 0.2) is 0 Å². The zero-order valence-electron chi connectivity index (χ0n) is 14.2. The smallest absolute Gasteiger partial charge is 0.118 e. The fourth-order valence-electron chi connectivity index (χ4n) is 2.01. The van der Waals surface area contributed by atoms with E-state index < -0.39 is 0 Å². The van der Waals surface area contributed by atoms with Gasteiger partial charge in [-0.15, -0.1) is 0 Å². The molecule has 0 saturated carbocycles. The van der Waals surface area contributed by atoms with Crippen molar-refractivity contribution in [1.82, 2.24) is 5.32 Å². The number of hydrogen-bond donors (Lipinski definition) is 1. The summed E-state index contributed by atoms with van der Waals surface area (Å²) in [6.07, 6.45) is 2.30. The summed E-state index contributed by atoms with van der Waals surface area (Å²) >= 11 is 0. The van der Waals surface area contributed by atoms with Crippen molar-refractivity contribution in [3.8, 4) is 5.75 Å². The minimum Gasteiger partial charge on any atom is -0.497 e. The Morgan fingerprint density at radius 3 is 2.33 bits per heavy atom. The number of rotatable bonds is 9. The van der Waals surface area contributed by atoms with Gasteiger partial charge in [0, 0.05) is 13.2 Å². The summed E-state index contributed by atoms with van der Waals surface area (Å²) in [7, 11) is 1.69. The van der Waals surface area contributed by atoms with Gasteiger partial charge in [0.1, 0.15) is 5.75 Å². The van der Waals surface area contributed by atoms with Gasteiger partial charge in [0.25, 0.3) is 0 Å². The molecule has 0 aromatic heterocycles. The summed E-state index contributed by atoms with van der Waals surface area (Å²) in [5, 5.41) is 3.45. The van der Waals surface area contributed by atoms with Gasteiger partial charge in [-0.25, -0.2) is 0 Å². The van der Waals surface area contributed by atoms with Crippen LogP contribution in [0.3, 0.4) is 0 Å². The molecule has 0 amide bonds. The van der Waals surface area contributed by atoms with Crippen LogP contribution in [0.4, 0.5) is 0 Å². The molecule has 1 aromatic rings. The molecule has 21 heavy (non-hydrogen) atoms. The second kappa shape index (κ2) is 9.06. The molecule has 0 aliphatic rings. The lowest BCUT2D eigenvalue weighted by Gasteiger charge is -2.23. The van der Waals surface area contributed by atoms with Crippen molar-refractivity contribution in [1.29, 1.82) is 0 Å². The first-order chi connectivity index (χ1) is 9.96. The first-order valence-electron chi connectivity index (χ1n) is 7.92. The first-order valence-corrected chi connectivity index (χ1v) is 7.92. The topological polar surface area (TPSA) is 30.5 Å². The Hall–Kier alpha value is -1.06. The van der Waals surface area contributed by atoms with Crippen LogP contribution in [-0.2, 0) is 4.74 Å². The van der Waals surface area contributed by atoms with Crippen LogP contribution in [-0.4, -0.2) is 26.8 Å². The second-order valence-electron chi connectivity index (χ2n) is 6.65. The van der Waals surface area contributed by atoms with Crippen LogP contribution in [0.5, 0.6) is 5.75 Å². The molecular weight excluding hydrogens is 262 g/mol. The van der Waals surface area contributed by atoms with Crippen LogP contribution in [0.25, 0.3) is 0 Å². The van der Waals surface area contributed by atoms with Crippen molar-refractivity contribution in [3.05, 3.63) is 29.8 Å². The van der Waals surface area contributed by atoms with Crippen molar-refractivity contribution in [2.45, 2.75) is 46.6 Å². The Kier molecular flexibility index (Phi) is 7.76. The van der Waals surface area contributed by atoms with E-state index in [0.717, 1.165) is 38.3 Å². The van der Waals surface area contributed by atoms with E-state index in [1.807, 2.05) is 12.1 Å². The van der Waals surface area contributed by atoms with Gasteiger partial charge in [-0.2, -0.15) is 0 Å². The van der Waals surface area contributed by atoms with Crippen molar-refractivity contribution in [2.24, 2.45) is 5.41 Å². The molecule has 0 radical (unpaired) electrons. The lowest BCUT2D eigenvalue weighted by Crippen LogP contribution is -2.25. The molecule has 0 aliphatic carbocycles. The van der Waals surface area contributed by atoms with Crippen LogP contribution in [0.1, 0.15) is 52.2 Å². The van der Waals surface area contributed by atoms with Gasteiger partial charge >= 0.3 is 0 Å². The molecule has 0 aliphatic heterocycles. The normalized spacial score (nSPS) is 13.2. The van der Waals surface area contributed by atoms with Gasteiger partial charge in [0.05, 0.1) is 13.2 Å². The third kappa shape index (κ3) is 7.49. The van der Waals surface area contributed by atoms with Crippen LogP contribution >= 0.6 is 0 Å². The van der Waals surface area contributed by atoms with Gasteiger partial charge in [-0.3, -0.25) is 0 Å². The predicted octanol–water partition coefficient (Wildman–Crippen LogP) is 4.19. The molecule has 3 nitrogen and oxygen atoms in total. The van der Waals surface area contributed by atoms with Gasteiger partial charge in [-0.05, 0) is 42.5 Å². The monoisotopic (exact) mass is 293 g/mol. The highest BCUT2D eigenvalue weighted by Crippen LogP contribution is 2.23. The lowest BCUT2D eigenvalue weighted by atomic mass is 9.93. The number of nitrogens with one attached hydrogen (secondary N) is 1. The van der Waals surface area contributed by atoms with E-state index >= 15 is 0 Å². The summed E-state index contributed by atoms with van der Waals surface area (Å²) in [6.45, 7) is 11.6. The Morgan fingerprint density at radius 1 is 1.14 bits per heavy atom. The quantitative estimate of drug-likeness (QED) is 0.693. The molecule has 0 heterocycles. The lowest BCUT2D eigenvalue weighted by molar-refractivity contribution is 0.0370. The summed E-state index contributed by atoms with van der Waals surface area (Å²) in [5.41, 5.74) is 1.51. The molecule has 0 saturated heterocycles. The minimum atomic E-state index is 0.102. The highest BCUT2D eigenvalue weighted by molar-refractivity contribution is 5.28. The summed E-state index contributed by atoms with van der Waals surface area (Å²) in [5.74, 6) is 0.883. The zero-order valence-corrected chi connectivity index (χ0v) is 14.2. The minimum absolute atomic E-state index is 0.102. The van der Waals surface area contributed by atoms with E-state index in [9.17, 15) is 0 Å². The highest BCUT2D eigenvalue weighted by Gasteiger charge is 2.15. The SMILES string of the molecule is CCCNCC(OCCC(C)(C)C)c1ccc(OC)cc1. The van der Waals surface area contributed by atoms with E-state index in [0.29, 0.717) is 5.41 Å². The van der Waals surface area contributed by atoms with Crippen LogP contribution in [0, 0.1) is 5.41 Å². The maximum Gasteiger partial charge on any atom is 0.118 e. The van der Waals surface area contributed by atoms with E-state index in [4.69, 9.17) is 9.47 Å². The molecule has 1 atom stereocenters. The number of hydrogen-bond acceptors (Lipinski definition) is 3. The molecular formula is C18H31NO2. The molecule has 1 unspecified atom stereocenters. The van der Waals surface area contributed by atoms with Crippen molar-refractivity contribution in [2.75, 3.05) is 26.8 Å². The molecule has 0 bridgehead atoms. The number of methoxy groups -OCH3 is 1. The summed E-state index contributed by atoms with van der Waals surface area (Å²) < 4.78 is 11.3. The average molecular weight is 293 g/mol. The first kappa shape index (κ1) is 18.0. The number of ether oxygens (including phenoxy) is 2. The Morgan fingerprint density at radius 2 is 1.81 bits per heavy atom. The van der Waals surface area contributed by atoms with Crippen molar-refractivity contribution >= 4 is 0 Å². The summed E-state index contributed by atoms with van der Waals surface area (Å²) in [4.78, 5) is 0. The van der Waals surface area contributed by atoms with E-state index in [1.165, 1.54) is 5.56 Å². The van der Waals surface area contributed by atoms with Crippen LogP contribution < -0.4 is 10.1 Å². The largest absolute Gasteiger partial charge is 0.497 e. The average Bonchev–Trinajstić information content (AvgIpc) is 2.45. The Labute approximate surface area is 130 Å². The van der Waals surface area contributed by atoms with E-state index in [1.54, 1.807) is 7.11 Å².